The van der Waals surface area contributed by atoms with Crippen LogP contribution in [0.5, 0.6) is 0 Å². The van der Waals surface area contributed by atoms with E-state index >= 15 is 0 Å². The number of hydrogen-bond acceptors (Lipinski definition) is 12. The predicted octanol–water partition coefficient (Wildman–Crippen LogP) is -0.776. The van der Waals surface area contributed by atoms with Crippen molar-refractivity contribution >= 4 is 86.2 Å². The summed E-state index contributed by atoms with van der Waals surface area (Å²) in [6.45, 7) is 9.12. The molecule has 4 atom stereocenters. The Balaban J connectivity index is -0.000000206. The maximum absolute atomic E-state index is 10.6. The summed E-state index contributed by atoms with van der Waals surface area (Å²) in [5, 5.41) is 37.9. The van der Waals surface area contributed by atoms with Gasteiger partial charge in [0.2, 0.25) is 11.8 Å². The van der Waals surface area contributed by atoms with Gasteiger partial charge < -0.3 is 42.5 Å². The van der Waals surface area contributed by atoms with Gasteiger partial charge in [0.05, 0.1) is 0 Å². The Labute approximate surface area is 243 Å². The van der Waals surface area contributed by atoms with Crippen LogP contribution in [-0.2, 0) is 28.8 Å². The van der Waals surface area contributed by atoms with Gasteiger partial charge in [-0.1, -0.05) is 0 Å². The standard InChI is InChI=1S/C7H13NO3S.C5H9NO3S.C5H11NO2S.C3H7NO2S/c1-4(9)8-5(6(10)11)7(2,3)12;1-3(7)6-4(2-10)5(8)9;1-5(2,9)3(6)4(7)8;4-2(1-7)3(5)6/h5,12H,1-3H3,(H,8,9)(H,10,11);4,10H,2H2,1H3,(H,6,7)(H,8,9);3,9H,6H2,1-2H3,(H,7,8);2,7H,1,4H2,(H,5,6). The lowest BCUT2D eigenvalue weighted by atomic mass is 10.0. The fourth-order valence-corrected chi connectivity index (χ4v) is 2.24. The molecule has 2 amide bonds. The Morgan fingerprint density at radius 1 is 0.684 bits per heavy atom. The van der Waals surface area contributed by atoms with E-state index in [1.54, 1.807) is 27.7 Å². The lowest BCUT2D eigenvalue weighted by molar-refractivity contribution is -0.142. The smallest absolute Gasteiger partial charge is 0.327 e. The number of hydrogen-bond donors (Lipinski definition) is 12. The summed E-state index contributed by atoms with van der Waals surface area (Å²) in [6.07, 6.45) is 0. The van der Waals surface area contributed by atoms with Crippen molar-refractivity contribution in [3.05, 3.63) is 0 Å². The van der Waals surface area contributed by atoms with Gasteiger partial charge in [0.25, 0.3) is 0 Å². The van der Waals surface area contributed by atoms with E-state index in [4.69, 9.17) is 31.9 Å². The molecule has 0 aliphatic carbocycles. The van der Waals surface area contributed by atoms with Crippen LogP contribution >= 0.6 is 50.5 Å². The Kier molecular flexibility index (Phi) is 23.9. The molecular weight excluding hydrogens is 585 g/mol. The highest BCUT2D eigenvalue weighted by atomic mass is 32.1. The summed E-state index contributed by atoms with van der Waals surface area (Å²) in [6, 6.07) is -3.55. The summed E-state index contributed by atoms with van der Waals surface area (Å²) >= 11 is 15.4. The number of carboxylic acid groups (broad SMARTS) is 4. The zero-order valence-electron chi connectivity index (χ0n) is 21.9. The van der Waals surface area contributed by atoms with E-state index < -0.39 is 57.5 Å². The van der Waals surface area contributed by atoms with Gasteiger partial charge >= 0.3 is 23.9 Å². The molecule has 14 nitrogen and oxygen atoms in total. The van der Waals surface area contributed by atoms with Gasteiger partial charge in [-0.05, 0) is 27.7 Å². The molecule has 0 fully saturated rings. The molecule has 38 heavy (non-hydrogen) atoms. The molecule has 4 unspecified atom stereocenters. The van der Waals surface area contributed by atoms with Crippen molar-refractivity contribution in [3.8, 4) is 0 Å². The zero-order valence-corrected chi connectivity index (χ0v) is 25.5. The van der Waals surface area contributed by atoms with Crippen molar-refractivity contribution in [1.82, 2.24) is 10.6 Å². The Bertz CT molecular complexity index is 789. The van der Waals surface area contributed by atoms with Gasteiger partial charge in [-0.15, -0.1) is 0 Å². The quantitative estimate of drug-likeness (QED) is 0.134. The van der Waals surface area contributed by atoms with Crippen molar-refractivity contribution in [2.24, 2.45) is 11.5 Å². The molecule has 0 bridgehead atoms. The molecule has 0 saturated carbocycles. The summed E-state index contributed by atoms with van der Waals surface area (Å²) in [5.74, 6) is -4.60. The minimum atomic E-state index is -1.08. The van der Waals surface area contributed by atoms with Gasteiger partial charge in [-0.2, -0.15) is 50.5 Å². The van der Waals surface area contributed by atoms with Gasteiger partial charge in [-0.3, -0.25) is 19.2 Å². The Morgan fingerprint density at radius 2 is 1.08 bits per heavy atom. The van der Waals surface area contributed by atoms with Crippen LogP contribution in [0.1, 0.15) is 41.5 Å². The molecule has 0 heterocycles. The van der Waals surface area contributed by atoms with Crippen LogP contribution in [0.25, 0.3) is 0 Å². The molecular formula is C20H40N4O10S4. The number of rotatable bonds is 10. The zero-order chi connectivity index (χ0) is 31.6. The van der Waals surface area contributed by atoms with E-state index in [1.807, 2.05) is 0 Å². The maximum atomic E-state index is 10.6. The van der Waals surface area contributed by atoms with Gasteiger partial charge in [-0.25, -0.2) is 9.59 Å². The lowest BCUT2D eigenvalue weighted by Crippen LogP contribution is -2.50. The number of nitrogens with one attached hydrogen (secondary N) is 2. The van der Waals surface area contributed by atoms with Crippen LogP contribution in [0.3, 0.4) is 0 Å². The van der Waals surface area contributed by atoms with Crippen molar-refractivity contribution in [3.63, 3.8) is 0 Å². The van der Waals surface area contributed by atoms with E-state index in [0.717, 1.165) is 0 Å². The van der Waals surface area contributed by atoms with Crippen LogP contribution in [0.4, 0.5) is 0 Å². The number of carbonyl (C=O) groups excluding carboxylic acids is 2. The second-order valence-corrected chi connectivity index (χ2v) is 11.5. The molecule has 0 radical (unpaired) electrons. The monoisotopic (exact) mass is 624 g/mol. The number of aliphatic carboxylic acids is 4. The van der Waals surface area contributed by atoms with Crippen molar-refractivity contribution < 1.29 is 49.2 Å². The molecule has 0 spiro atoms. The fraction of sp³-hybridized carbons (Fsp3) is 0.700. The summed E-state index contributed by atoms with van der Waals surface area (Å²) in [4.78, 5) is 61.7. The molecule has 18 heteroatoms. The molecule has 224 valence electrons. The predicted molar refractivity (Wildman–Crippen MR) is 156 cm³/mol. The first-order chi connectivity index (χ1) is 16.9. The molecule has 0 aromatic heterocycles. The van der Waals surface area contributed by atoms with E-state index in [1.165, 1.54) is 13.8 Å². The largest absolute Gasteiger partial charge is 0.480 e. The third-order valence-corrected chi connectivity index (χ3v) is 5.00. The number of carbonyl (C=O) groups is 6. The van der Waals surface area contributed by atoms with Crippen molar-refractivity contribution in [1.29, 1.82) is 0 Å². The molecule has 0 aromatic rings. The molecule has 0 aliphatic heterocycles. The molecule has 10 N–H and O–H groups in total. The Hall–Kier alpha value is -1.86. The minimum absolute atomic E-state index is 0.106. The highest BCUT2D eigenvalue weighted by Crippen LogP contribution is 2.17. The summed E-state index contributed by atoms with van der Waals surface area (Å²) < 4.78 is -1.41. The van der Waals surface area contributed by atoms with Crippen molar-refractivity contribution in [2.75, 3.05) is 11.5 Å². The topological polar surface area (TPSA) is 259 Å². The van der Waals surface area contributed by atoms with Crippen LogP contribution in [-0.4, -0.2) is 101 Å². The highest BCUT2D eigenvalue weighted by molar-refractivity contribution is 7.82. The number of thiol groups is 4. The van der Waals surface area contributed by atoms with Crippen molar-refractivity contribution in [2.45, 2.75) is 75.2 Å². The molecule has 0 aromatic carbocycles. The number of amides is 2. The number of nitrogens with two attached hydrogens (primary N) is 2. The van der Waals surface area contributed by atoms with E-state index in [9.17, 15) is 28.8 Å². The second kappa shape index (κ2) is 21.0. The lowest BCUT2D eigenvalue weighted by Gasteiger charge is -2.26. The van der Waals surface area contributed by atoms with E-state index in [0.29, 0.717) is 0 Å². The van der Waals surface area contributed by atoms with Gasteiger partial charge in [0, 0.05) is 34.8 Å². The fourth-order valence-electron chi connectivity index (χ4n) is 1.55. The SMILES string of the molecule is CC(=O)NC(C(=O)O)C(C)(C)S.CC(=O)NC(CS)C(=O)O.CC(C)(S)C(N)C(=O)O.NC(CS)C(=O)O. The Morgan fingerprint density at radius 3 is 1.13 bits per heavy atom. The normalized spacial score (nSPS) is 13.6. The molecule has 0 aliphatic rings. The van der Waals surface area contributed by atoms with Crippen LogP contribution in [0.2, 0.25) is 0 Å². The first-order valence-electron chi connectivity index (χ1n) is 10.5. The summed E-state index contributed by atoms with van der Waals surface area (Å²) in [5.41, 5.74) is 10.2. The van der Waals surface area contributed by atoms with E-state index in [-0.39, 0.29) is 23.3 Å². The van der Waals surface area contributed by atoms with Crippen LogP contribution < -0.4 is 22.1 Å². The van der Waals surface area contributed by atoms with Gasteiger partial charge in [0.15, 0.2) is 0 Å². The minimum Gasteiger partial charge on any atom is -0.480 e. The van der Waals surface area contributed by atoms with E-state index in [2.05, 4.69) is 61.1 Å². The first kappa shape index (κ1) is 43.2. The average Bonchev–Trinajstić information content (AvgIpc) is 2.73. The number of carboxylic acids is 4. The highest BCUT2D eigenvalue weighted by Gasteiger charge is 2.32. The van der Waals surface area contributed by atoms with Crippen LogP contribution in [0.15, 0.2) is 0 Å². The third kappa shape index (κ3) is 25.8. The van der Waals surface area contributed by atoms with Crippen LogP contribution in [0, 0.1) is 0 Å². The summed E-state index contributed by atoms with van der Waals surface area (Å²) in [7, 11) is 0. The second-order valence-electron chi connectivity index (χ2n) is 8.50. The third-order valence-electron chi connectivity index (χ3n) is 3.70. The first-order valence-corrected chi connectivity index (χ1v) is 12.7. The maximum Gasteiger partial charge on any atom is 0.327 e. The molecule has 0 saturated heterocycles. The average molecular weight is 625 g/mol. The molecule has 0 rings (SSSR count). The van der Waals surface area contributed by atoms with Gasteiger partial charge in [0.1, 0.15) is 24.2 Å².